The van der Waals surface area contributed by atoms with E-state index in [9.17, 15) is 10.2 Å². The van der Waals surface area contributed by atoms with Gasteiger partial charge in [0.25, 0.3) is 0 Å². The van der Waals surface area contributed by atoms with Gasteiger partial charge in [-0.1, -0.05) is 6.92 Å². The van der Waals surface area contributed by atoms with Crippen molar-refractivity contribution in [1.29, 1.82) is 0 Å². The Labute approximate surface area is 178 Å². The maximum atomic E-state index is 10.0. The largest absolute Gasteiger partial charge is 0.494 e. The minimum absolute atomic E-state index is 0.191. The van der Waals surface area contributed by atoms with Crippen molar-refractivity contribution in [3.05, 3.63) is 36.2 Å². The number of nitrogen functional groups attached to an aromatic ring is 1. The number of nitrogens with one attached hydrogen (secondary N) is 1. The van der Waals surface area contributed by atoms with Crippen molar-refractivity contribution in [2.24, 2.45) is 5.10 Å². The molecule has 1 saturated heterocycles. The van der Waals surface area contributed by atoms with E-state index in [4.69, 9.17) is 15.2 Å². The Balaban J connectivity index is 1.49. The number of anilines is 2. The minimum atomic E-state index is -0.771. The van der Waals surface area contributed by atoms with Crippen molar-refractivity contribution < 1.29 is 19.7 Å². The number of hydrogen-bond donors (Lipinski definition) is 4. The second kappa shape index (κ2) is 9.25. The second-order valence-corrected chi connectivity index (χ2v) is 7.16. The summed E-state index contributed by atoms with van der Waals surface area (Å²) in [6.45, 7) is 2.47. The van der Waals surface area contributed by atoms with Gasteiger partial charge in [0.05, 0.1) is 31.9 Å². The number of benzene rings is 1. The Morgan fingerprint density at radius 1 is 1.35 bits per heavy atom. The molecule has 2 aromatic heterocycles. The topological polar surface area (TPSA) is 153 Å². The monoisotopic (exact) mass is 427 g/mol. The van der Waals surface area contributed by atoms with Gasteiger partial charge in [-0.05, 0) is 36.2 Å². The lowest BCUT2D eigenvalue weighted by molar-refractivity contribution is -0.0432. The summed E-state index contributed by atoms with van der Waals surface area (Å²) in [5.74, 6) is 1.20. The van der Waals surface area contributed by atoms with Crippen LogP contribution in [0, 0.1) is 0 Å². The number of aliphatic hydroxyl groups is 2. The summed E-state index contributed by atoms with van der Waals surface area (Å²) < 4.78 is 12.9. The summed E-state index contributed by atoms with van der Waals surface area (Å²) in [4.78, 5) is 12.9. The van der Waals surface area contributed by atoms with Gasteiger partial charge in [-0.3, -0.25) is 4.57 Å². The molecule has 11 nitrogen and oxygen atoms in total. The van der Waals surface area contributed by atoms with Crippen molar-refractivity contribution in [3.8, 4) is 5.75 Å². The lowest BCUT2D eigenvalue weighted by atomic mass is 10.2. The number of rotatable bonds is 8. The molecule has 0 bridgehead atoms. The average Bonchev–Trinajstić information content (AvgIpc) is 3.36. The Morgan fingerprint density at radius 2 is 2.16 bits per heavy atom. The van der Waals surface area contributed by atoms with E-state index in [1.807, 2.05) is 24.3 Å². The number of fused-ring (bicyclic) bond motifs is 1. The average molecular weight is 427 g/mol. The molecular weight excluding hydrogens is 402 g/mol. The Morgan fingerprint density at radius 3 is 2.87 bits per heavy atom. The molecule has 0 amide bonds. The van der Waals surface area contributed by atoms with Crippen molar-refractivity contribution in [2.75, 3.05) is 24.4 Å². The summed E-state index contributed by atoms with van der Waals surface area (Å²) in [7, 11) is 0. The third kappa shape index (κ3) is 4.58. The van der Waals surface area contributed by atoms with E-state index < -0.39 is 18.4 Å². The van der Waals surface area contributed by atoms with Gasteiger partial charge < -0.3 is 25.4 Å². The summed E-state index contributed by atoms with van der Waals surface area (Å²) in [5.41, 5.74) is 10.5. The first-order chi connectivity index (χ1) is 15.1. The highest BCUT2D eigenvalue weighted by molar-refractivity contribution is 5.83. The molecular formula is C20H25N7O4. The number of aromatic nitrogens is 4. The maximum Gasteiger partial charge on any atom is 0.247 e. The van der Waals surface area contributed by atoms with Crippen molar-refractivity contribution >= 4 is 29.1 Å². The van der Waals surface area contributed by atoms with E-state index in [1.54, 1.807) is 10.8 Å². The van der Waals surface area contributed by atoms with Gasteiger partial charge in [-0.15, -0.1) is 0 Å². The molecule has 3 heterocycles. The predicted molar refractivity (Wildman–Crippen MR) is 115 cm³/mol. The fourth-order valence-corrected chi connectivity index (χ4v) is 3.28. The lowest BCUT2D eigenvalue weighted by Gasteiger charge is -2.13. The van der Waals surface area contributed by atoms with Crippen LogP contribution in [0.2, 0.25) is 0 Å². The third-order valence-electron chi connectivity index (χ3n) is 4.87. The molecule has 11 heteroatoms. The van der Waals surface area contributed by atoms with Gasteiger partial charge in [0.15, 0.2) is 11.5 Å². The lowest BCUT2D eigenvalue weighted by Crippen LogP contribution is -2.24. The number of ether oxygens (including phenoxy) is 2. The Bertz CT molecular complexity index is 1050. The molecule has 3 atom stereocenters. The number of aliphatic hydroxyl groups excluding tert-OH is 2. The van der Waals surface area contributed by atoms with Crippen LogP contribution >= 0.6 is 0 Å². The molecule has 1 aliphatic rings. The summed E-state index contributed by atoms with van der Waals surface area (Å²) in [6, 6.07) is 7.55. The predicted octanol–water partition coefficient (Wildman–Crippen LogP) is 1.28. The van der Waals surface area contributed by atoms with Crippen LogP contribution in [0.1, 0.15) is 31.6 Å². The van der Waals surface area contributed by atoms with E-state index in [0.29, 0.717) is 24.2 Å². The first kappa shape index (κ1) is 21.0. The van der Waals surface area contributed by atoms with Crippen molar-refractivity contribution in [3.63, 3.8) is 0 Å². The van der Waals surface area contributed by atoms with Crippen LogP contribution in [0.15, 0.2) is 35.7 Å². The van der Waals surface area contributed by atoms with Crippen molar-refractivity contribution in [1.82, 2.24) is 19.5 Å². The molecule has 0 aliphatic carbocycles. The molecule has 3 aromatic rings. The Hall–Kier alpha value is -3.28. The quantitative estimate of drug-likeness (QED) is 0.307. The van der Waals surface area contributed by atoms with E-state index in [2.05, 4.69) is 32.4 Å². The van der Waals surface area contributed by atoms with E-state index in [-0.39, 0.29) is 18.4 Å². The van der Waals surface area contributed by atoms with Gasteiger partial charge in [-0.2, -0.15) is 15.1 Å². The van der Waals surface area contributed by atoms with Gasteiger partial charge in [-0.25, -0.2) is 10.4 Å². The molecule has 4 rings (SSSR count). The fourth-order valence-electron chi connectivity index (χ4n) is 3.28. The summed E-state index contributed by atoms with van der Waals surface area (Å²) >= 11 is 0. The van der Waals surface area contributed by atoms with Crippen LogP contribution < -0.4 is 15.9 Å². The zero-order chi connectivity index (χ0) is 21.8. The first-order valence-electron chi connectivity index (χ1n) is 10.1. The molecule has 1 fully saturated rings. The highest BCUT2D eigenvalue weighted by Crippen LogP contribution is 2.31. The van der Waals surface area contributed by atoms with Crippen LogP contribution in [0.3, 0.4) is 0 Å². The third-order valence-corrected chi connectivity index (χ3v) is 4.87. The Kier molecular flexibility index (Phi) is 6.26. The number of imidazole rings is 1. The zero-order valence-electron chi connectivity index (χ0n) is 17.0. The van der Waals surface area contributed by atoms with E-state index >= 15 is 0 Å². The van der Waals surface area contributed by atoms with Crippen LogP contribution in [-0.2, 0) is 4.74 Å². The van der Waals surface area contributed by atoms with E-state index in [0.717, 1.165) is 17.7 Å². The standard InChI is InChI=1S/C20H25N7O4/c1-2-7-30-13-5-3-12(4-6-13)9-23-26-20-24-18(21)17-19(25-20)27(11-22-17)16-8-14(29)15(10-28)31-16/h3-6,9,11,14-16,28-29H,2,7-8,10H2,1H3,(H3,21,24,25,26)/b23-9+/t14?,15-,16-/m1/s1. The normalized spacial score (nSPS) is 21.2. The molecule has 5 N–H and O–H groups in total. The molecule has 0 radical (unpaired) electrons. The van der Waals surface area contributed by atoms with Crippen LogP contribution in [-0.4, -0.2) is 61.4 Å². The summed E-state index contributed by atoms with van der Waals surface area (Å²) in [6.07, 6.45) is 2.48. The number of nitrogens with zero attached hydrogens (tertiary/aromatic N) is 5. The molecule has 1 aliphatic heterocycles. The molecule has 1 aromatic carbocycles. The first-order valence-corrected chi connectivity index (χ1v) is 10.1. The second-order valence-electron chi connectivity index (χ2n) is 7.16. The van der Waals surface area contributed by atoms with Crippen LogP contribution in [0.4, 0.5) is 11.8 Å². The highest BCUT2D eigenvalue weighted by atomic mass is 16.5. The molecule has 0 spiro atoms. The van der Waals surface area contributed by atoms with Crippen molar-refractivity contribution in [2.45, 2.75) is 38.2 Å². The van der Waals surface area contributed by atoms with Gasteiger partial charge in [0, 0.05) is 6.42 Å². The van der Waals surface area contributed by atoms with Gasteiger partial charge in [0.1, 0.15) is 23.6 Å². The van der Waals surface area contributed by atoms with Gasteiger partial charge in [0.2, 0.25) is 5.95 Å². The molecule has 31 heavy (non-hydrogen) atoms. The number of hydrogen-bond acceptors (Lipinski definition) is 10. The maximum absolute atomic E-state index is 10.0. The summed E-state index contributed by atoms with van der Waals surface area (Å²) in [5, 5.41) is 23.5. The minimum Gasteiger partial charge on any atom is -0.494 e. The number of nitrogens with two attached hydrogens (primary N) is 1. The molecule has 0 saturated carbocycles. The van der Waals surface area contributed by atoms with Crippen LogP contribution in [0.25, 0.3) is 11.2 Å². The SMILES string of the molecule is CCCOc1ccc(/C=N/Nc2nc(N)c3ncn([C@H]4CC(O)[C@@H](CO)O4)c3n2)cc1. The van der Waals surface area contributed by atoms with Gasteiger partial charge >= 0.3 is 0 Å². The number of hydrazone groups is 1. The zero-order valence-corrected chi connectivity index (χ0v) is 17.0. The van der Waals surface area contributed by atoms with E-state index in [1.165, 1.54) is 6.33 Å². The fraction of sp³-hybridized carbons (Fsp3) is 0.400. The smallest absolute Gasteiger partial charge is 0.247 e. The van der Waals surface area contributed by atoms with Crippen LogP contribution in [0.5, 0.6) is 5.75 Å². The molecule has 1 unspecified atom stereocenters. The molecule has 164 valence electrons. The highest BCUT2D eigenvalue weighted by Gasteiger charge is 2.35.